The van der Waals surface area contributed by atoms with Crippen LogP contribution in [0.4, 0.5) is 30.7 Å². The van der Waals surface area contributed by atoms with Crippen LogP contribution in [0, 0.1) is 0 Å². The SMILES string of the molecule is C=COC(C(F)C(F)F)C(F)C(F)(F)F. The first-order valence-corrected chi connectivity index (χ1v) is 3.61. The Labute approximate surface area is 80.5 Å². The zero-order valence-electron chi connectivity index (χ0n) is 7.15. The second-order valence-corrected chi connectivity index (χ2v) is 2.49. The normalized spacial score (nSPS) is 18.4. The first-order valence-electron chi connectivity index (χ1n) is 3.61. The molecule has 15 heavy (non-hydrogen) atoms. The van der Waals surface area contributed by atoms with Gasteiger partial charge in [-0.25, -0.2) is 17.6 Å². The predicted octanol–water partition coefficient (Wildman–Crippen LogP) is 3.02. The van der Waals surface area contributed by atoms with Gasteiger partial charge in [0, 0.05) is 0 Å². The second kappa shape index (κ2) is 5.22. The van der Waals surface area contributed by atoms with E-state index in [1.165, 1.54) is 0 Å². The molecule has 0 aliphatic rings. The van der Waals surface area contributed by atoms with Gasteiger partial charge in [-0.15, -0.1) is 0 Å². The van der Waals surface area contributed by atoms with Gasteiger partial charge in [-0.1, -0.05) is 6.58 Å². The summed E-state index contributed by atoms with van der Waals surface area (Å²) >= 11 is 0. The van der Waals surface area contributed by atoms with Crippen LogP contribution in [0.2, 0.25) is 0 Å². The van der Waals surface area contributed by atoms with Crippen LogP contribution in [0.5, 0.6) is 0 Å². The summed E-state index contributed by atoms with van der Waals surface area (Å²) < 4.78 is 87.5. The molecule has 0 bridgehead atoms. The Kier molecular flexibility index (Phi) is 4.89. The van der Waals surface area contributed by atoms with E-state index in [0.29, 0.717) is 0 Å². The van der Waals surface area contributed by atoms with Crippen LogP contribution in [0.15, 0.2) is 12.8 Å². The van der Waals surface area contributed by atoms with E-state index < -0.39 is 31.0 Å². The van der Waals surface area contributed by atoms with E-state index in [0.717, 1.165) is 0 Å². The highest BCUT2D eigenvalue weighted by molar-refractivity contribution is 4.85. The van der Waals surface area contributed by atoms with Crippen molar-refractivity contribution < 1.29 is 35.5 Å². The molecule has 0 rings (SSSR count). The highest BCUT2D eigenvalue weighted by atomic mass is 19.4. The summed E-state index contributed by atoms with van der Waals surface area (Å²) in [7, 11) is 0. The van der Waals surface area contributed by atoms with E-state index in [1.54, 1.807) is 0 Å². The van der Waals surface area contributed by atoms with Gasteiger partial charge in [-0.3, -0.25) is 0 Å². The van der Waals surface area contributed by atoms with Gasteiger partial charge in [0.1, 0.15) is 0 Å². The number of halogens is 7. The van der Waals surface area contributed by atoms with Crippen molar-refractivity contribution in [2.75, 3.05) is 0 Å². The molecule has 90 valence electrons. The predicted molar refractivity (Wildman–Crippen MR) is 36.9 cm³/mol. The van der Waals surface area contributed by atoms with Crippen molar-refractivity contribution in [1.82, 2.24) is 0 Å². The molecular weight excluding hydrogens is 233 g/mol. The van der Waals surface area contributed by atoms with Crippen LogP contribution in [0.3, 0.4) is 0 Å². The Morgan fingerprint density at radius 1 is 1.07 bits per heavy atom. The van der Waals surface area contributed by atoms with E-state index in [2.05, 4.69) is 11.3 Å². The summed E-state index contributed by atoms with van der Waals surface area (Å²) in [6.07, 6.45) is -19.1. The zero-order valence-corrected chi connectivity index (χ0v) is 7.15. The van der Waals surface area contributed by atoms with Crippen LogP contribution >= 0.6 is 0 Å². The number of hydrogen-bond donors (Lipinski definition) is 0. The Bertz CT molecular complexity index is 202. The topological polar surface area (TPSA) is 9.23 Å². The molecule has 3 unspecified atom stereocenters. The van der Waals surface area contributed by atoms with Crippen LogP contribution < -0.4 is 0 Å². The highest BCUT2D eigenvalue weighted by Gasteiger charge is 2.51. The number of hydrogen-bond acceptors (Lipinski definition) is 1. The fourth-order valence-corrected chi connectivity index (χ4v) is 0.746. The molecule has 0 N–H and O–H groups in total. The minimum absolute atomic E-state index is 0.276. The number of ether oxygens (including phenoxy) is 1. The summed E-state index contributed by atoms with van der Waals surface area (Å²) in [4.78, 5) is 0. The lowest BCUT2D eigenvalue weighted by Gasteiger charge is -2.24. The van der Waals surface area contributed by atoms with Gasteiger partial charge in [-0.2, -0.15) is 13.2 Å². The van der Waals surface area contributed by atoms with Gasteiger partial charge in [-0.05, 0) is 0 Å². The summed E-state index contributed by atoms with van der Waals surface area (Å²) in [6.45, 7) is 2.74. The molecule has 8 heteroatoms. The summed E-state index contributed by atoms with van der Waals surface area (Å²) in [5.74, 6) is 0. The molecular formula is C7H7F7O. The lowest BCUT2D eigenvalue weighted by molar-refractivity contribution is -0.219. The first kappa shape index (κ1) is 14.0. The lowest BCUT2D eigenvalue weighted by atomic mass is 10.1. The van der Waals surface area contributed by atoms with Gasteiger partial charge in [0.2, 0.25) is 12.3 Å². The summed E-state index contributed by atoms with van der Waals surface area (Å²) in [5.41, 5.74) is 0. The molecule has 0 spiro atoms. The third-order valence-corrected chi connectivity index (χ3v) is 1.41. The van der Waals surface area contributed by atoms with Crippen LogP contribution in [0.25, 0.3) is 0 Å². The second-order valence-electron chi connectivity index (χ2n) is 2.49. The quantitative estimate of drug-likeness (QED) is 0.530. The molecule has 0 heterocycles. The minimum atomic E-state index is -5.47. The van der Waals surface area contributed by atoms with Crippen molar-refractivity contribution >= 4 is 0 Å². The Morgan fingerprint density at radius 2 is 1.53 bits per heavy atom. The molecule has 0 aromatic heterocycles. The zero-order chi connectivity index (χ0) is 12.2. The standard InChI is InChI=1S/C7H7F7O/c1-2-15-4(3(8)6(10)11)5(9)7(12,13)14/h2-6H,1H2. The molecule has 0 fully saturated rings. The molecule has 1 nitrogen and oxygen atoms in total. The van der Waals surface area contributed by atoms with E-state index in [1.807, 2.05) is 0 Å². The number of alkyl halides is 7. The molecule has 0 amide bonds. The summed E-state index contributed by atoms with van der Waals surface area (Å²) in [6, 6.07) is 0. The van der Waals surface area contributed by atoms with E-state index in [-0.39, 0.29) is 6.26 Å². The van der Waals surface area contributed by atoms with Crippen molar-refractivity contribution in [3.8, 4) is 0 Å². The molecule has 0 aromatic carbocycles. The maximum Gasteiger partial charge on any atom is 0.423 e. The van der Waals surface area contributed by atoms with Gasteiger partial charge < -0.3 is 4.74 Å². The smallest absolute Gasteiger partial charge is 0.423 e. The fourth-order valence-electron chi connectivity index (χ4n) is 0.746. The molecule has 0 aliphatic heterocycles. The average molecular weight is 240 g/mol. The summed E-state index contributed by atoms with van der Waals surface area (Å²) in [5, 5.41) is 0. The molecule has 0 aliphatic carbocycles. The highest BCUT2D eigenvalue weighted by Crippen LogP contribution is 2.30. The van der Waals surface area contributed by atoms with E-state index >= 15 is 0 Å². The van der Waals surface area contributed by atoms with Crippen molar-refractivity contribution in [3.63, 3.8) is 0 Å². The van der Waals surface area contributed by atoms with Gasteiger partial charge in [0.25, 0.3) is 6.43 Å². The largest absolute Gasteiger partial charge is 0.492 e. The fraction of sp³-hybridized carbons (Fsp3) is 0.714. The molecule has 3 atom stereocenters. The monoisotopic (exact) mass is 240 g/mol. The third-order valence-electron chi connectivity index (χ3n) is 1.41. The molecule has 0 saturated heterocycles. The molecule has 0 saturated carbocycles. The van der Waals surface area contributed by atoms with Gasteiger partial charge in [0.15, 0.2) is 6.10 Å². The lowest BCUT2D eigenvalue weighted by Crippen LogP contribution is -2.45. The number of rotatable bonds is 5. The maximum absolute atomic E-state index is 12.5. The van der Waals surface area contributed by atoms with Gasteiger partial charge >= 0.3 is 6.18 Å². The van der Waals surface area contributed by atoms with Gasteiger partial charge in [0.05, 0.1) is 6.26 Å². The van der Waals surface area contributed by atoms with Crippen molar-refractivity contribution in [2.45, 2.75) is 31.0 Å². The van der Waals surface area contributed by atoms with E-state index in [4.69, 9.17) is 0 Å². The average Bonchev–Trinajstić information content (AvgIpc) is 2.10. The van der Waals surface area contributed by atoms with E-state index in [9.17, 15) is 30.7 Å². The van der Waals surface area contributed by atoms with Crippen molar-refractivity contribution in [1.29, 1.82) is 0 Å². The molecule has 0 radical (unpaired) electrons. The van der Waals surface area contributed by atoms with Crippen LogP contribution in [-0.4, -0.2) is 31.0 Å². The minimum Gasteiger partial charge on any atom is -0.492 e. The Morgan fingerprint density at radius 3 is 1.80 bits per heavy atom. The van der Waals surface area contributed by atoms with Crippen LogP contribution in [-0.2, 0) is 4.74 Å². The Hall–Kier alpha value is -0.950. The van der Waals surface area contributed by atoms with Crippen molar-refractivity contribution in [3.05, 3.63) is 12.8 Å². The maximum atomic E-state index is 12.5. The Balaban J connectivity index is 4.72. The third kappa shape index (κ3) is 3.96. The van der Waals surface area contributed by atoms with Crippen molar-refractivity contribution in [2.24, 2.45) is 0 Å². The molecule has 0 aromatic rings. The first-order chi connectivity index (χ1) is 6.71. The van der Waals surface area contributed by atoms with Crippen LogP contribution in [0.1, 0.15) is 0 Å².